The van der Waals surface area contributed by atoms with Gasteiger partial charge in [0.05, 0.1) is 32.9 Å². The van der Waals surface area contributed by atoms with Crippen LogP contribution in [0.2, 0.25) is 0 Å². The van der Waals surface area contributed by atoms with Crippen molar-refractivity contribution in [1.29, 1.82) is 0 Å². The van der Waals surface area contributed by atoms with Crippen molar-refractivity contribution in [2.45, 2.75) is 13.5 Å². The number of aryl methyl sites for hydroxylation is 1. The van der Waals surface area contributed by atoms with Crippen molar-refractivity contribution in [1.82, 2.24) is 19.4 Å². The molecule has 8 nitrogen and oxygen atoms in total. The Hall–Kier alpha value is -3.85. The Morgan fingerprint density at radius 2 is 2.00 bits per heavy atom. The lowest BCUT2D eigenvalue weighted by molar-refractivity contribution is 0.353. The summed E-state index contributed by atoms with van der Waals surface area (Å²) >= 11 is 0. The molecule has 0 amide bonds. The predicted octanol–water partition coefficient (Wildman–Crippen LogP) is 4.80. The molecule has 4 rings (SSSR count). The molecule has 0 aliphatic rings. The molecule has 33 heavy (non-hydrogen) atoms. The maximum atomic E-state index is 14.8. The molecule has 4 aromatic rings. The molecule has 0 aliphatic heterocycles. The van der Waals surface area contributed by atoms with Gasteiger partial charge in [0.2, 0.25) is 5.95 Å². The van der Waals surface area contributed by atoms with Gasteiger partial charge in [-0.25, -0.2) is 9.37 Å². The molecule has 0 saturated heterocycles. The van der Waals surface area contributed by atoms with Crippen LogP contribution in [-0.2, 0) is 6.54 Å². The average molecular weight is 452 g/mol. The maximum absolute atomic E-state index is 14.8. The third-order valence-electron chi connectivity index (χ3n) is 5.12. The number of nitrogens with one attached hydrogen (secondary N) is 1. The van der Waals surface area contributed by atoms with Crippen molar-refractivity contribution >= 4 is 11.6 Å². The zero-order valence-electron chi connectivity index (χ0n) is 19.2. The third-order valence-corrected chi connectivity index (χ3v) is 5.12. The van der Waals surface area contributed by atoms with Gasteiger partial charge >= 0.3 is 0 Å². The summed E-state index contributed by atoms with van der Waals surface area (Å²) in [5, 5.41) is 3.13. The molecule has 3 aromatic heterocycles. The van der Waals surface area contributed by atoms with Crippen LogP contribution in [0.5, 0.6) is 11.5 Å². The number of rotatable bonds is 8. The first-order valence-corrected chi connectivity index (χ1v) is 10.3. The van der Waals surface area contributed by atoms with Crippen molar-refractivity contribution in [2.24, 2.45) is 0 Å². The number of methoxy groups -OCH3 is 2. The molecule has 0 saturated carbocycles. The van der Waals surface area contributed by atoms with E-state index >= 15 is 0 Å². The van der Waals surface area contributed by atoms with E-state index in [9.17, 15) is 4.39 Å². The summed E-state index contributed by atoms with van der Waals surface area (Å²) in [6.07, 6.45) is 8.16. The van der Waals surface area contributed by atoms with Crippen LogP contribution >= 0.6 is 0 Å². The van der Waals surface area contributed by atoms with Gasteiger partial charge in [-0.3, -0.25) is 0 Å². The summed E-state index contributed by atoms with van der Waals surface area (Å²) < 4.78 is 32.5. The fraction of sp³-hybridized carbons (Fsp3) is 0.250. The van der Waals surface area contributed by atoms with Gasteiger partial charge in [0.25, 0.3) is 0 Å². The van der Waals surface area contributed by atoms with E-state index < -0.39 is 5.82 Å². The third kappa shape index (κ3) is 4.68. The first-order chi connectivity index (χ1) is 15.9. The second-order valence-corrected chi connectivity index (χ2v) is 7.87. The van der Waals surface area contributed by atoms with Crippen LogP contribution in [0.4, 0.5) is 16.0 Å². The van der Waals surface area contributed by atoms with Crippen molar-refractivity contribution in [3.05, 3.63) is 66.3 Å². The fourth-order valence-corrected chi connectivity index (χ4v) is 3.72. The number of nitrogens with zero attached hydrogens (tertiary/aromatic N) is 4. The smallest absolute Gasteiger partial charge is 0.229 e. The number of hydrogen-bond donors (Lipinski definition) is 1. The average Bonchev–Trinajstić information content (AvgIpc) is 3.44. The second kappa shape index (κ2) is 9.33. The molecule has 0 bridgehead atoms. The molecule has 0 radical (unpaired) electrons. The van der Waals surface area contributed by atoms with Gasteiger partial charge in [-0.2, -0.15) is 4.98 Å². The summed E-state index contributed by atoms with van der Waals surface area (Å²) in [5.41, 5.74) is 4.46. The molecule has 172 valence electrons. The SMILES string of the molecule is COc1cc(Nc2ncc(F)c(-n3cc(CN(C)C)c(-c4ccoc4)c3)n2)cc(C)c1OC. The van der Waals surface area contributed by atoms with Crippen LogP contribution in [-0.4, -0.2) is 47.7 Å². The quantitative estimate of drug-likeness (QED) is 0.412. The van der Waals surface area contributed by atoms with Crippen LogP contribution in [0.3, 0.4) is 0 Å². The number of ether oxygens (including phenoxy) is 2. The predicted molar refractivity (Wildman–Crippen MR) is 124 cm³/mol. The number of benzene rings is 1. The van der Waals surface area contributed by atoms with Crippen LogP contribution in [0.25, 0.3) is 16.9 Å². The van der Waals surface area contributed by atoms with Gasteiger partial charge in [-0.1, -0.05) is 0 Å². The van der Waals surface area contributed by atoms with Crippen LogP contribution in [0.15, 0.2) is 53.7 Å². The second-order valence-electron chi connectivity index (χ2n) is 7.87. The van der Waals surface area contributed by atoms with E-state index in [1.54, 1.807) is 37.4 Å². The standard InChI is InChI=1S/C24H26FN5O3/c1-15-8-18(9-21(31-4)22(15)32-5)27-24-26-10-20(25)23(28-24)30-12-17(11-29(2)3)19(13-30)16-6-7-33-14-16/h6-10,12-14H,11H2,1-5H3,(H,26,27,28). The number of hydrogen-bond acceptors (Lipinski definition) is 7. The Bertz CT molecular complexity index is 1250. The first-order valence-electron chi connectivity index (χ1n) is 10.3. The highest BCUT2D eigenvalue weighted by atomic mass is 19.1. The Kier molecular flexibility index (Phi) is 6.32. The van der Waals surface area contributed by atoms with Crippen LogP contribution in [0.1, 0.15) is 11.1 Å². The summed E-state index contributed by atoms with van der Waals surface area (Å²) in [7, 11) is 7.12. The molecular weight excluding hydrogens is 425 g/mol. The largest absolute Gasteiger partial charge is 0.493 e. The van der Waals surface area contributed by atoms with Gasteiger partial charge in [0, 0.05) is 41.8 Å². The van der Waals surface area contributed by atoms with E-state index in [0.717, 1.165) is 28.5 Å². The number of furan rings is 1. The normalized spacial score (nSPS) is 11.1. The highest BCUT2D eigenvalue weighted by Gasteiger charge is 2.17. The van der Waals surface area contributed by atoms with Crippen molar-refractivity contribution in [2.75, 3.05) is 33.6 Å². The molecule has 0 spiro atoms. The van der Waals surface area contributed by atoms with Crippen molar-refractivity contribution in [3.63, 3.8) is 0 Å². The lowest BCUT2D eigenvalue weighted by Crippen LogP contribution is -2.10. The summed E-state index contributed by atoms with van der Waals surface area (Å²) in [6, 6.07) is 5.54. The molecule has 9 heteroatoms. The topological polar surface area (TPSA) is 77.6 Å². The molecular formula is C24H26FN5O3. The summed E-state index contributed by atoms with van der Waals surface area (Å²) in [5.74, 6) is 1.08. The maximum Gasteiger partial charge on any atom is 0.229 e. The Morgan fingerprint density at radius 1 is 1.18 bits per heavy atom. The van der Waals surface area contributed by atoms with Gasteiger partial charge in [-0.15, -0.1) is 0 Å². The van der Waals surface area contributed by atoms with E-state index in [-0.39, 0.29) is 11.8 Å². The van der Waals surface area contributed by atoms with Crippen LogP contribution in [0, 0.1) is 12.7 Å². The Labute approximate surface area is 191 Å². The van der Waals surface area contributed by atoms with Crippen molar-refractivity contribution < 1.29 is 18.3 Å². The zero-order chi connectivity index (χ0) is 23.5. The molecule has 0 atom stereocenters. The molecule has 0 unspecified atom stereocenters. The summed E-state index contributed by atoms with van der Waals surface area (Å²) in [6.45, 7) is 2.59. The van der Waals surface area contributed by atoms with E-state index in [0.29, 0.717) is 23.7 Å². The monoisotopic (exact) mass is 451 g/mol. The minimum Gasteiger partial charge on any atom is -0.493 e. The number of aromatic nitrogens is 3. The first kappa shape index (κ1) is 22.3. The molecule has 0 aliphatic carbocycles. The highest BCUT2D eigenvalue weighted by molar-refractivity contribution is 5.67. The number of halogens is 1. The van der Waals surface area contributed by atoms with Gasteiger partial charge in [0.1, 0.15) is 0 Å². The van der Waals surface area contributed by atoms with Gasteiger partial charge in [-0.05, 0) is 44.3 Å². The van der Waals surface area contributed by atoms with E-state index in [4.69, 9.17) is 13.9 Å². The van der Waals surface area contributed by atoms with Crippen molar-refractivity contribution in [3.8, 4) is 28.4 Å². The van der Waals surface area contributed by atoms with E-state index in [1.165, 1.54) is 0 Å². The molecule has 0 fully saturated rings. The lowest BCUT2D eigenvalue weighted by Gasteiger charge is -2.14. The molecule has 1 N–H and O–H groups in total. The molecule has 3 heterocycles. The highest BCUT2D eigenvalue weighted by Crippen LogP contribution is 2.35. The fourth-order valence-electron chi connectivity index (χ4n) is 3.72. The lowest BCUT2D eigenvalue weighted by atomic mass is 10.1. The van der Waals surface area contributed by atoms with E-state index in [1.807, 2.05) is 50.4 Å². The van der Waals surface area contributed by atoms with Crippen LogP contribution < -0.4 is 14.8 Å². The Balaban J connectivity index is 1.71. The summed E-state index contributed by atoms with van der Waals surface area (Å²) in [4.78, 5) is 10.6. The van der Waals surface area contributed by atoms with Gasteiger partial charge < -0.3 is 28.7 Å². The van der Waals surface area contributed by atoms with Gasteiger partial charge in [0.15, 0.2) is 23.1 Å². The molecule has 1 aromatic carbocycles. The Morgan fingerprint density at radius 3 is 2.67 bits per heavy atom. The zero-order valence-corrected chi connectivity index (χ0v) is 19.2. The minimum atomic E-state index is -0.533. The van der Waals surface area contributed by atoms with E-state index in [2.05, 4.69) is 15.3 Å². The minimum absolute atomic E-state index is 0.138. The number of anilines is 2.